The van der Waals surface area contributed by atoms with Gasteiger partial charge < -0.3 is 4.42 Å². The molecule has 0 unspecified atom stereocenters. The van der Waals surface area contributed by atoms with Crippen molar-refractivity contribution in [1.29, 1.82) is 0 Å². The zero-order chi connectivity index (χ0) is 34.7. The third kappa shape index (κ3) is 3.63. The summed E-state index contributed by atoms with van der Waals surface area (Å²) in [5.74, 6) is -4.82. The molecule has 2 aromatic heterocycles. The molecule has 0 saturated carbocycles. The van der Waals surface area contributed by atoms with E-state index >= 15 is 8.78 Å². The van der Waals surface area contributed by atoms with Gasteiger partial charge in [-0.2, -0.15) is 0 Å². The van der Waals surface area contributed by atoms with Crippen molar-refractivity contribution in [2.45, 2.75) is 45.8 Å². The van der Waals surface area contributed by atoms with Crippen LogP contribution in [0.3, 0.4) is 0 Å². The van der Waals surface area contributed by atoms with Crippen molar-refractivity contribution in [2.75, 3.05) is 0 Å². The van der Waals surface area contributed by atoms with Crippen molar-refractivity contribution >= 4 is 21.9 Å². The second-order valence-corrected chi connectivity index (χ2v) is 11.4. The molecule has 204 valence electrons. The number of aromatic nitrogens is 1. The molecule has 0 bridgehead atoms. The summed E-state index contributed by atoms with van der Waals surface area (Å²) >= 11 is 0. The lowest BCUT2D eigenvalue weighted by Gasteiger charge is -2.22. The molecule has 0 spiro atoms. The number of aryl methyl sites for hydroxylation is 2. The van der Waals surface area contributed by atoms with E-state index in [1.807, 2.05) is 42.5 Å². The summed E-state index contributed by atoms with van der Waals surface area (Å²) in [6.07, 6.45) is 1.05. The number of benzene rings is 4. The van der Waals surface area contributed by atoms with Gasteiger partial charge in [-0.3, -0.25) is 0 Å². The van der Waals surface area contributed by atoms with Crippen LogP contribution in [-0.2, 0) is 12.5 Å². The molecule has 2 nitrogen and oxygen atoms in total. The van der Waals surface area contributed by atoms with E-state index in [4.69, 9.17) is 14.0 Å². The number of furan rings is 1. The van der Waals surface area contributed by atoms with Crippen molar-refractivity contribution in [3.8, 4) is 33.5 Å². The van der Waals surface area contributed by atoms with Crippen LogP contribution in [0.1, 0.15) is 65.3 Å². The average molecular weight is 552 g/mol. The standard InChI is InChI=1S/C37H32F2NO/c1-20(2)27-19-40(6)32(18-31(27)39)33-21(3)11-13-25-26-15-16-30(38)34(36(26)41-35(25)33)22-12-14-24-23-9-7-8-10-28(23)37(4,5)29(24)17-22/h7-20H,1-6H3/q+1/i1D3,2D3,20D. The van der Waals surface area contributed by atoms with Crippen LogP contribution < -0.4 is 4.57 Å². The zero-order valence-electron chi connectivity index (χ0n) is 30.1. The maximum Gasteiger partial charge on any atom is 0.219 e. The molecular weight excluding hydrogens is 512 g/mol. The van der Waals surface area contributed by atoms with Gasteiger partial charge in [-0.25, -0.2) is 13.3 Å². The Morgan fingerprint density at radius 2 is 1.54 bits per heavy atom. The minimum absolute atomic E-state index is 0.260. The Balaban J connectivity index is 1.44. The lowest BCUT2D eigenvalue weighted by atomic mass is 9.81. The molecule has 6 aromatic rings. The van der Waals surface area contributed by atoms with Gasteiger partial charge in [0.15, 0.2) is 6.20 Å². The molecule has 1 aliphatic carbocycles. The summed E-state index contributed by atoms with van der Waals surface area (Å²) in [6.45, 7) is -0.591. The quantitative estimate of drug-likeness (QED) is 0.200. The number of fused-ring (bicyclic) bond motifs is 6. The molecule has 0 fully saturated rings. The summed E-state index contributed by atoms with van der Waals surface area (Å²) in [4.78, 5) is 0. The van der Waals surface area contributed by atoms with Gasteiger partial charge in [0.05, 0.1) is 16.7 Å². The zero-order valence-corrected chi connectivity index (χ0v) is 23.1. The van der Waals surface area contributed by atoms with Crippen molar-refractivity contribution < 1.29 is 27.4 Å². The van der Waals surface area contributed by atoms with Gasteiger partial charge in [0.2, 0.25) is 5.69 Å². The van der Waals surface area contributed by atoms with Crippen molar-refractivity contribution in [3.63, 3.8) is 0 Å². The maximum atomic E-state index is 15.9. The second-order valence-electron chi connectivity index (χ2n) is 11.4. The van der Waals surface area contributed by atoms with E-state index in [2.05, 4.69) is 26.0 Å². The van der Waals surface area contributed by atoms with Gasteiger partial charge in [-0.05, 0) is 64.4 Å². The molecule has 1 aliphatic rings. The molecule has 0 amide bonds. The lowest BCUT2D eigenvalue weighted by molar-refractivity contribution is -0.661. The number of rotatable bonds is 3. The largest absolute Gasteiger partial charge is 0.454 e. The van der Waals surface area contributed by atoms with Crippen molar-refractivity contribution in [3.05, 3.63) is 113 Å². The molecule has 41 heavy (non-hydrogen) atoms. The van der Waals surface area contributed by atoms with Crippen LogP contribution >= 0.6 is 0 Å². The Morgan fingerprint density at radius 1 is 0.829 bits per heavy atom. The Morgan fingerprint density at radius 3 is 2.32 bits per heavy atom. The summed E-state index contributed by atoms with van der Waals surface area (Å²) in [5, 5.41) is 1.31. The molecule has 7 rings (SSSR count). The number of hydrogen-bond acceptors (Lipinski definition) is 1. The van der Waals surface area contributed by atoms with Crippen LogP contribution in [-0.4, -0.2) is 0 Å². The lowest BCUT2D eigenvalue weighted by Crippen LogP contribution is -2.32. The van der Waals surface area contributed by atoms with Crippen LogP contribution in [0.5, 0.6) is 0 Å². The summed E-state index contributed by atoms with van der Waals surface area (Å²) in [7, 11) is 1.52. The van der Waals surface area contributed by atoms with Crippen LogP contribution in [0.25, 0.3) is 55.4 Å². The Bertz CT molecular complexity index is 2300. The van der Waals surface area contributed by atoms with E-state index in [0.717, 1.165) is 29.0 Å². The first-order chi connectivity index (χ1) is 22.4. The summed E-state index contributed by atoms with van der Waals surface area (Å²) in [6, 6.07) is 21.9. The summed E-state index contributed by atoms with van der Waals surface area (Å²) < 4.78 is 95.3. The van der Waals surface area contributed by atoms with Gasteiger partial charge >= 0.3 is 0 Å². The highest BCUT2D eigenvalue weighted by atomic mass is 19.1. The van der Waals surface area contributed by atoms with Crippen LogP contribution in [0.15, 0.2) is 83.4 Å². The fraction of sp³-hybridized carbons (Fsp3) is 0.216. The third-order valence-electron chi connectivity index (χ3n) is 8.59. The monoisotopic (exact) mass is 551 g/mol. The van der Waals surface area contributed by atoms with Gasteiger partial charge in [0, 0.05) is 31.8 Å². The molecule has 2 heterocycles. The maximum absolute atomic E-state index is 15.9. The first-order valence-corrected chi connectivity index (χ1v) is 13.5. The first kappa shape index (κ1) is 18.9. The highest BCUT2D eigenvalue weighted by molar-refractivity contribution is 6.13. The van der Waals surface area contributed by atoms with Crippen LogP contribution in [0, 0.1) is 18.6 Å². The fourth-order valence-electron chi connectivity index (χ4n) is 6.48. The predicted molar refractivity (Wildman–Crippen MR) is 162 cm³/mol. The van der Waals surface area contributed by atoms with Crippen LogP contribution in [0.4, 0.5) is 8.78 Å². The molecule has 0 atom stereocenters. The van der Waals surface area contributed by atoms with Crippen molar-refractivity contribution in [2.24, 2.45) is 7.05 Å². The Kier molecular flexibility index (Phi) is 4.08. The van der Waals surface area contributed by atoms with E-state index in [9.17, 15) is 0 Å². The van der Waals surface area contributed by atoms with Gasteiger partial charge in [0.25, 0.3) is 0 Å². The molecule has 0 N–H and O–H groups in total. The van der Waals surface area contributed by atoms with Gasteiger partial charge in [0.1, 0.15) is 29.8 Å². The second kappa shape index (κ2) is 8.84. The Labute approximate surface area is 248 Å². The highest BCUT2D eigenvalue weighted by Crippen LogP contribution is 2.50. The van der Waals surface area contributed by atoms with E-state index < -0.39 is 36.8 Å². The van der Waals surface area contributed by atoms with E-state index in [1.165, 1.54) is 23.2 Å². The SMILES string of the molecule is [2H]C([2H])([2H])C([2H])(c1c[n+](C)c(-c2c(C)ccc3c2oc2c(-c4ccc5c(c4)C(C)(C)c4ccccc4-5)c(F)ccc23)cc1F)C([2H])([2H])[2H]. The molecule has 4 heteroatoms. The van der Waals surface area contributed by atoms with Crippen LogP contribution in [0.2, 0.25) is 0 Å². The number of nitrogens with zero attached hydrogens (tertiary/aromatic N) is 1. The highest BCUT2D eigenvalue weighted by Gasteiger charge is 2.35. The normalized spacial score (nSPS) is 17.2. The molecule has 4 aromatic carbocycles. The molecule has 0 radical (unpaired) electrons. The first-order valence-electron chi connectivity index (χ1n) is 17.0. The topological polar surface area (TPSA) is 17.0 Å². The third-order valence-corrected chi connectivity index (χ3v) is 8.59. The average Bonchev–Trinajstić information content (AvgIpc) is 3.48. The summed E-state index contributed by atoms with van der Waals surface area (Å²) in [5.41, 5.74) is 6.49. The van der Waals surface area contributed by atoms with Crippen molar-refractivity contribution in [1.82, 2.24) is 0 Å². The molecular formula is C37H32F2NO+. The number of hydrogen-bond donors (Lipinski definition) is 0. The minimum Gasteiger partial charge on any atom is -0.454 e. The molecule has 0 saturated heterocycles. The van der Waals surface area contributed by atoms with Gasteiger partial charge in [-0.15, -0.1) is 0 Å². The Hall–Kier alpha value is -4.31. The van der Waals surface area contributed by atoms with E-state index in [1.54, 1.807) is 13.0 Å². The number of halogens is 2. The predicted octanol–water partition coefficient (Wildman–Crippen LogP) is 9.76. The fourth-order valence-corrected chi connectivity index (χ4v) is 6.48. The van der Waals surface area contributed by atoms with E-state index in [0.29, 0.717) is 44.2 Å². The molecule has 0 aliphatic heterocycles. The van der Waals surface area contributed by atoms with Gasteiger partial charge in [-0.1, -0.05) is 76.1 Å². The minimum atomic E-state index is -3.35. The smallest absolute Gasteiger partial charge is 0.219 e. The van der Waals surface area contributed by atoms with E-state index in [-0.39, 0.29) is 11.1 Å². The number of pyridine rings is 1.